The number of amides is 4. The number of nitrogens with zero attached hydrogens (tertiary/aromatic N) is 1. The molecule has 5 atom stereocenters. The van der Waals surface area contributed by atoms with Crippen LogP contribution in [0.2, 0.25) is 0 Å². The minimum absolute atomic E-state index is 0.103. The normalized spacial score (nSPS) is 23.5. The Morgan fingerprint density at radius 1 is 1.03 bits per heavy atom. The summed E-state index contributed by atoms with van der Waals surface area (Å²) in [7, 11) is 1.22. The molecule has 4 amide bonds. The molecular weight excluding hydrogens is 492 g/mol. The summed E-state index contributed by atoms with van der Waals surface area (Å²) in [6, 6.07) is -2.83. The summed E-state index contributed by atoms with van der Waals surface area (Å²) in [5, 5.41) is 5.46. The van der Waals surface area contributed by atoms with Crippen LogP contribution in [0, 0.1) is 22.7 Å². The molecule has 1 saturated heterocycles. The highest BCUT2D eigenvalue weighted by molar-refractivity contribution is 6.38. The van der Waals surface area contributed by atoms with Gasteiger partial charge in [0, 0.05) is 6.54 Å². The predicted molar refractivity (Wildman–Crippen MR) is 140 cm³/mol. The number of ketones is 1. The maximum absolute atomic E-state index is 13.9. The van der Waals surface area contributed by atoms with E-state index in [1.165, 1.54) is 12.0 Å². The summed E-state index contributed by atoms with van der Waals surface area (Å²) < 4.78 is 5.39. The number of Topliss-reactive ketones (excluding diaryl/α,β-unsaturated/α-hetero) is 1. The smallest absolute Gasteiger partial charge is 0.408 e. The molecule has 2 fully saturated rings. The number of hydrogen-bond acceptors (Lipinski definition) is 7. The van der Waals surface area contributed by atoms with E-state index in [1.807, 2.05) is 33.2 Å². The Bertz CT molecular complexity index is 935. The largest absolute Gasteiger partial charge is 0.444 e. The number of piperidine rings is 1. The van der Waals surface area contributed by atoms with Crippen LogP contribution in [0.25, 0.3) is 0 Å². The molecule has 1 saturated carbocycles. The molecule has 11 nitrogen and oxygen atoms in total. The molecule has 2 rings (SSSR count). The molecule has 0 radical (unpaired) electrons. The van der Waals surface area contributed by atoms with E-state index in [-0.39, 0.29) is 29.6 Å². The van der Waals surface area contributed by atoms with Crippen molar-refractivity contribution in [1.82, 2.24) is 21.0 Å². The minimum atomic E-state index is -1.05. The van der Waals surface area contributed by atoms with Crippen molar-refractivity contribution in [3.05, 3.63) is 0 Å². The Morgan fingerprint density at radius 3 is 2.13 bits per heavy atom. The SMILES string of the molecule is CCCCC(NC(=O)[C@@H]1C2C(CN1C(=O)C(NC(=O)OC(C)(C)C)C(C)(C)C)C2(C)C)C(=O)C(=O)NOC. The van der Waals surface area contributed by atoms with Gasteiger partial charge in [-0.3, -0.25) is 24.0 Å². The molecule has 2 aliphatic rings. The van der Waals surface area contributed by atoms with Crippen molar-refractivity contribution in [2.24, 2.45) is 22.7 Å². The van der Waals surface area contributed by atoms with Crippen LogP contribution in [-0.2, 0) is 28.8 Å². The number of unbranched alkanes of at least 4 members (excludes halogenated alkanes) is 1. The average Bonchev–Trinajstić information content (AvgIpc) is 3.11. The molecule has 0 aromatic carbocycles. The van der Waals surface area contributed by atoms with E-state index in [1.54, 1.807) is 20.8 Å². The predicted octanol–water partition coefficient (Wildman–Crippen LogP) is 2.33. The lowest BCUT2D eigenvalue weighted by molar-refractivity contribution is -0.147. The number of hydroxylamine groups is 1. The third-order valence-electron chi connectivity index (χ3n) is 7.43. The monoisotopic (exact) mass is 538 g/mol. The average molecular weight is 539 g/mol. The zero-order valence-electron chi connectivity index (χ0n) is 24.5. The van der Waals surface area contributed by atoms with Gasteiger partial charge in [-0.25, -0.2) is 10.3 Å². The first-order valence-electron chi connectivity index (χ1n) is 13.3. The molecule has 0 bridgehead atoms. The number of likely N-dealkylation sites (tertiary alicyclic amines) is 1. The van der Waals surface area contributed by atoms with Crippen molar-refractivity contribution >= 4 is 29.6 Å². The van der Waals surface area contributed by atoms with Crippen LogP contribution in [-0.4, -0.2) is 71.9 Å². The summed E-state index contributed by atoms with van der Waals surface area (Å²) in [4.78, 5) is 71.2. The van der Waals surface area contributed by atoms with E-state index < -0.39 is 52.8 Å². The van der Waals surface area contributed by atoms with E-state index in [2.05, 4.69) is 29.3 Å². The number of fused-ring (bicyclic) bond motifs is 1. The van der Waals surface area contributed by atoms with Gasteiger partial charge in [-0.15, -0.1) is 0 Å². The van der Waals surface area contributed by atoms with Crippen molar-refractivity contribution in [1.29, 1.82) is 0 Å². The molecule has 216 valence electrons. The van der Waals surface area contributed by atoms with Gasteiger partial charge in [0.2, 0.25) is 17.6 Å². The number of nitrogens with one attached hydrogen (secondary N) is 3. The highest BCUT2D eigenvalue weighted by Crippen LogP contribution is 2.65. The molecular formula is C27H46N4O7. The lowest BCUT2D eigenvalue weighted by Crippen LogP contribution is -2.60. The van der Waals surface area contributed by atoms with Crippen LogP contribution >= 0.6 is 0 Å². The van der Waals surface area contributed by atoms with Crippen LogP contribution in [0.15, 0.2) is 0 Å². The third kappa shape index (κ3) is 7.24. The van der Waals surface area contributed by atoms with Crippen molar-refractivity contribution in [2.75, 3.05) is 13.7 Å². The van der Waals surface area contributed by atoms with Gasteiger partial charge in [0.25, 0.3) is 0 Å². The summed E-state index contributed by atoms with van der Waals surface area (Å²) >= 11 is 0. The number of carbonyl (C=O) groups excluding carboxylic acids is 5. The topological polar surface area (TPSA) is 143 Å². The second kappa shape index (κ2) is 11.6. The molecule has 1 heterocycles. The van der Waals surface area contributed by atoms with E-state index in [9.17, 15) is 24.0 Å². The fourth-order valence-corrected chi connectivity index (χ4v) is 5.29. The van der Waals surface area contributed by atoms with Crippen molar-refractivity contribution in [3.8, 4) is 0 Å². The minimum Gasteiger partial charge on any atom is -0.444 e. The van der Waals surface area contributed by atoms with Gasteiger partial charge in [-0.1, -0.05) is 54.4 Å². The molecule has 4 unspecified atom stereocenters. The number of alkyl carbamates (subject to hydrolysis) is 1. The number of hydrogen-bond donors (Lipinski definition) is 3. The Balaban J connectivity index is 2.32. The van der Waals surface area contributed by atoms with Gasteiger partial charge < -0.3 is 20.3 Å². The van der Waals surface area contributed by atoms with Gasteiger partial charge in [0.1, 0.15) is 17.7 Å². The van der Waals surface area contributed by atoms with E-state index in [0.717, 1.165) is 6.42 Å². The second-order valence-corrected chi connectivity index (χ2v) is 13.0. The molecule has 0 spiro atoms. The van der Waals surface area contributed by atoms with Crippen LogP contribution in [0.4, 0.5) is 4.79 Å². The molecule has 0 aromatic heterocycles. The molecule has 3 N–H and O–H groups in total. The first-order valence-corrected chi connectivity index (χ1v) is 13.3. The van der Waals surface area contributed by atoms with E-state index in [4.69, 9.17) is 4.74 Å². The standard InChI is InChI=1S/C27H46N4O7/c1-11-12-13-16(19(32)22(34)30-37-10)28-21(33)18-17-15(27(17,8)9)14-31(18)23(35)20(25(2,3)4)29-24(36)38-26(5,6)7/h15-18,20H,11-14H2,1-10H3,(H,28,33)(H,29,36)(H,30,34)/t15?,16?,17?,18-,20?/m0/s1. The Morgan fingerprint density at radius 2 is 1.63 bits per heavy atom. The summed E-state index contributed by atoms with van der Waals surface area (Å²) in [6.07, 6.45) is 0.946. The highest BCUT2D eigenvalue weighted by atomic mass is 16.6. The van der Waals surface area contributed by atoms with Crippen LogP contribution in [0.3, 0.4) is 0 Å². The van der Waals surface area contributed by atoms with Gasteiger partial charge in [-0.05, 0) is 49.9 Å². The fraction of sp³-hybridized carbons (Fsp3) is 0.815. The quantitative estimate of drug-likeness (QED) is 0.286. The van der Waals surface area contributed by atoms with Crippen molar-refractivity contribution in [3.63, 3.8) is 0 Å². The number of carbonyl (C=O) groups is 5. The van der Waals surface area contributed by atoms with Gasteiger partial charge in [0.15, 0.2) is 0 Å². The molecule has 0 aromatic rings. The first-order chi connectivity index (χ1) is 17.4. The van der Waals surface area contributed by atoms with E-state index in [0.29, 0.717) is 13.0 Å². The fourth-order valence-electron chi connectivity index (χ4n) is 5.29. The second-order valence-electron chi connectivity index (χ2n) is 13.0. The third-order valence-corrected chi connectivity index (χ3v) is 7.43. The van der Waals surface area contributed by atoms with Crippen LogP contribution in [0.5, 0.6) is 0 Å². The molecule has 11 heteroatoms. The maximum Gasteiger partial charge on any atom is 0.408 e. The Hall–Kier alpha value is -2.69. The van der Waals surface area contributed by atoms with Crippen molar-refractivity contribution < 1.29 is 33.5 Å². The lowest BCUT2D eigenvalue weighted by atomic mass is 9.85. The summed E-state index contributed by atoms with van der Waals surface area (Å²) in [5.74, 6) is -2.64. The maximum atomic E-state index is 13.9. The number of rotatable bonds is 10. The Labute approximate surface area is 226 Å². The van der Waals surface area contributed by atoms with Crippen LogP contribution in [0.1, 0.15) is 81.6 Å². The van der Waals surface area contributed by atoms with Crippen LogP contribution < -0.4 is 16.1 Å². The summed E-state index contributed by atoms with van der Waals surface area (Å²) in [6.45, 7) is 17.1. The zero-order valence-corrected chi connectivity index (χ0v) is 24.5. The molecule has 1 aliphatic carbocycles. The Kier molecular flexibility index (Phi) is 9.62. The zero-order chi connectivity index (χ0) is 29.2. The lowest BCUT2D eigenvalue weighted by Gasteiger charge is -2.38. The van der Waals surface area contributed by atoms with Gasteiger partial charge in [0.05, 0.1) is 13.2 Å². The first kappa shape index (κ1) is 31.5. The van der Waals surface area contributed by atoms with E-state index >= 15 is 0 Å². The van der Waals surface area contributed by atoms with Gasteiger partial charge >= 0.3 is 12.0 Å². The molecule has 1 aliphatic heterocycles. The number of ether oxygens (including phenoxy) is 1. The molecule has 38 heavy (non-hydrogen) atoms. The van der Waals surface area contributed by atoms with Crippen molar-refractivity contribution in [2.45, 2.75) is 105 Å². The summed E-state index contributed by atoms with van der Waals surface area (Å²) in [5.41, 5.74) is 0.435. The highest BCUT2D eigenvalue weighted by Gasteiger charge is 2.70. The van der Waals surface area contributed by atoms with Gasteiger partial charge in [-0.2, -0.15) is 0 Å².